The molecular weight excluding hydrogens is 469 g/mol. The van der Waals surface area contributed by atoms with Crippen LogP contribution in [0, 0.1) is 5.92 Å². The van der Waals surface area contributed by atoms with Crippen LogP contribution in [0.4, 0.5) is 0 Å². The molecule has 2 rings (SSSR count). The van der Waals surface area contributed by atoms with Crippen LogP contribution in [0.5, 0.6) is 0 Å². The van der Waals surface area contributed by atoms with Gasteiger partial charge in [0.05, 0.1) is 0 Å². The topological polar surface area (TPSA) is 42.9 Å². The lowest BCUT2D eigenvalue weighted by molar-refractivity contribution is 0.274. The first-order chi connectivity index (χ1) is 12.7. The van der Waals surface area contributed by atoms with E-state index in [-0.39, 0.29) is 24.0 Å². The van der Waals surface area contributed by atoms with Gasteiger partial charge >= 0.3 is 0 Å². The molecule has 0 aliphatic carbocycles. The summed E-state index contributed by atoms with van der Waals surface area (Å²) in [4.78, 5) is 11.3. The molecule has 1 saturated heterocycles. The van der Waals surface area contributed by atoms with Crippen LogP contribution in [0.25, 0.3) is 0 Å². The maximum atomic E-state index is 4.78. The second-order valence-corrected chi connectivity index (χ2v) is 8.42. The van der Waals surface area contributed by atoms with Crippen molar-refractivity contribution in [1.82, 2.24) is 20.4 Å². The van der Waals surface area contributed by atoms with Crippen molar-refractivity contribution >= 4 is 41.3 Å². The predicted octanol–water partition coefficient (Wildman–Crippen LogP) is 3.13. The summed E-state index contributed by atoms with van der Waals surface area (Å²) < 4.78 is 0. The molecule has 1 aliphatic rings. The second-order valence-electron chi connectivity index (χ2n) is 7.39. The predicted molar refractivity (Wildman–Crippen MR) is 130 cm³/mol. The molecule has 1 atom stereocenters. The average molecular weight is 508 g/mol. The van der Waals surface area contributed by atoms with Crippen molar-refractivity contribution in [2.75, 3.05) is 59.4 Å². The van der Waals surface area contributed by atoms with E-state index in [4.69, 9.17) is 4.99 Å². The number of rotatable bonds is 9. The van der Waals surface area contributed by atoms with Crippen molar-refractivity contribution < 1.29 is 0 Å². The highest BCUT2D eigenvalue weighted by Gasteiger charge is 2.11. The van der Waals surface area contributed by atoms with Gasteiger partial charge in [0.2, 0.25) is 0 Å². The van der Waals surface area contributed by atoms with Crippen LogP contribution >= 0.6 is 35.3 Å². The van der Waals surface area contributed by atoms with E-state index in [0.717, 1.165) is 32.0 Å². The normalized spacial score (nSPS) is 17.8. The van der Waals surface area contributed by atoms with Crippen LogP contribution in [0.15, 0.2) is 22.5 Å². The molecular formula is C20H38IN5S. The quantitative estimate of drug-likeness (QED) is 0.233. The standard InChI is InChI=1S/C20H37N5S.HI/c1-4-21-20(23-17-18(2)16-19-8-5-15-26-19)22-9-6-11-25-12-7-10-24(3)13-14-25;/h5,8,15,18H,4,6-7,9-14,16-17H2,1-3H3,(H2,21,22,23);1H. The molecule has 1 aliphatic heterocycles. The Kier molecular flexibility index (Phi) is 13.3. The van der Waals surface area contributed by atoms with Crippen LogP contribution in [-0.2, 0) is 6.42 Å². The fraction of sp³-hybridized carbons (Fsp3) is 0.750. The molecule has 5 nitrogen and oxygen atoms in total. The summed E-state index contributed by atoms with van der Waals surface area (Å²) in [5.74, 6) is 1.53. The van der Waals surface area contributed by atoms with Gasteiger partial charge in [-0.05, 0) is 70.2 Å². The van der Waals surface area contributed by atoms with Crippen LogP contribution in [0.1, 0.15) is 31.6 Å². The first-order valence-corrected chi connectivity index (χ1v) is 11.0. The molecule has 7 heteroatoms. The third-order valence-electron chi connectivity index (χ3n) is 4.79. The molecule has 0 aromatic carbocycles. The molecule has 0 bridgehead atoms. The van der Waals surface area contributed by atoms with E-state index in [1.807, 2.05) is 11.3 Å². The highest BCUT2D eigenvalue weighted by Crippen LogP contribution is 2.14. The zero-order valence-electron chi connectivity index (χ0n) is 17.2. The van der Waals surface area contributed by atoms with Gasteiger partial charge < -0.3 is 20.4 Å². The highest BCUT2D eigenvalue weighted by molar-refractivity contribution is 14.0. The number of thiophene rings is 1. The van der Waals surface area contributed by atoms with Gasteiger partial charge in [0.15, 0.2) is 5.96 Å². The molecule has 2 heterocycles. The van der Waals surface area contributed by atoms with Gasteiger partial charge in [-0.2, -0.15) is 0 Å². The van der Waals surface area contributed by atoms with Gasteiger partial charge in [-0.1, -0.05) is 13.0 Å². The Morgan fingerprint density at radius 1 is 1.26 bits per heavy atom. The third-order valence-corrected chi connectivity index (χ3v) is 5.69. The van der Waals surface area contributed by atoms with Crippen molar-refractivity contribution in [3.63, 3.8) is 0 Å². The van der Waals surface area contributed by atoms with E-state index in [9.17, 15) is 0 Å². The third kappa shape index (κ3) is 10.7. The number of hydrogen-bond donors (Lipinski definition) is 2. The lowest BCUT2D eigenvalue weighted by Gasteiger charge is -2.20. The molecule has 1 unspecified atom stereocenters. The van der Waals surface area contributed by atoms with Crippen molar-refractivity contribution in [3.05, 3.63) is 22.4 Å². The fourth-order valence-corrected chi connectivity index (χ4v) is 4.13. The molecule has 2 N–H and O–H groups in total. The molecule has 1 aromatic rings. The molecule has 0 saturated carbocycles. The van der Waals surface area contributed by atoms with Crippen LogP contribution in [0.2, 0.25) is 0 Å². The molecule has 1 aromatic heterocycles. The van der Waals surface area contributed by atoms with Gasteiger partial charge in [-0.25, -0.2) is 0 Å². The zero-order valence-corrected chi connectivity index (χ0v) is 20.4. The monoisotopic (exact) mass is 507 g/mol. The van der Waals surface area contributed by atoms with E-state index in [0.29, 0.717) is 5.92 Å². The van der Waals surface area contributed by atoms with Crippen LogP contribution in [0.3, 0.4) is 0 Å². The van der Waals surface area contributed by atoms with E-state index in [2.05, 4.69) is 58.8 Å². The number of guanidine groups is 1. The number of likely N-dealkylation sites (N-methyl/N-ethyl adjacent to an activating group) is 1. The Morgan fingerprint density at radius 3 is 2.85 bits per heavy atom. The van der Waals surface area contributed by atoms with Gasteiger partial charge in [-0.15, -0.1) is 35.3 Å². The molecule has 156 valence electrons. The average Bonchev–Trinajstić information content (AvgIpc) is 3.04. The summed E-state index contributed by atoms with van der Waals surface area (Å²) in [6, 6.07) is 4.35. The molecule has 0 amide bonds. The summed E-state index contributed by atoms with van der Waals surface area (Å²) in [6.45, 7) is 13.2. The SMILES string of the molecule is CCNC(=NCC(C)Cc1cccs1)NCCCN1CCCN(C)CC1.I. The van der Waals surface area contributed by atoms with Crippen molar-refractivity contribution in [2.24, 2.45) is 10.9 Å². The van der Waals surface area contributed by atoms with Crippen molar-refractivity contribution in [1.29, 1.82) is 0 Å². The minimum atomic E-state index is 0. The minimum absolute atomic E-state index is 0. The van der Waals surface area contributed by atoms with E-state index in [1.165, 1.54) is 50.4 Å². The molecule has 27 heavy (non-hydrogen) atoms. The molecule has 0 spiro atoms. The maximum Gasteiger partial charge on any atom is 0.191 e. The number of nitrogens with one attached hydrogen (secondary N) is 2. The van der Waals surface area contributed by atoms with Crippen molar-refractivity contribution in [2.45, 2.75) is 33.1 Å². The van der Waals surface area contributed by atoms with E-state index in [1.54, 1.807) is 0 Å². The molecule has 0 radical (unpaired) electrons. The van der Waals surface area contributed by atoms with Crippen LogP contribution < -0.4 is 10.6 Å². The smallest absolute Gasteiger partial charge is 0.191 e. The number of nitrogens with zero attached hydrogens (tertiary/aromatic N) is 3. The van der Waals surface area contributed by atoms with E-state index < -0.39 is 0 Å². The van der Waals surface area contributed by atoms with Crippen LogP contribution in [-0.4, -0.2) is 75.2 Å². The maximum absolute atomic E-state index is 4.78. The lowest BCUT2D eigenvalue weighted by Crippen LogP contribution is -2.39. The summed E-state index contributed by atoms with van der Waals surface area (Å²) in [6.07, 6.45) is 3.57. The van der Waals surface area contributed by atoms with Crippen molar-refractivity contribution in [3.8, 4) is 0 Å². The van der Waals surface area contributed by atoms with Gasteiger partial charge in [0.25, 0.3) is 0 Å². The Balaban J connectivity index is 0.00000364. The zero-order chi connectivity index (χ0) is 18.6. The number of halogens is 1. The second kappa shape index (κ2) is 14.6. The van der Waals surface area contributed by atoms with Gasteiger partial charge in [-0.3, -0.25) is 4.99 Å². The van der Waals surface area contributed by atoms with E-state index >= 15 is 0 Å². The van der Waals surface area contributed by atoms with Gasteiger partial charge in [0.1, 0.15) is 0 Å². The lowest BCUT2D eigenvalue weighted by atomic mass is 10.1. The Bertz CT molecular complexity index is 508. The minimum Gasteiger partial charge on any atom is -0.357 e. The number of hydrogen-bond acceptors (Lipinski definition) is 4. The number of aliphatic imine (C=N–C) groups is 1. The van der Waals surface area contributed by atoms with Gasteiger partial charge in [0, 0.05) is 37.6 Å². The summed E-state index contributed by atoms with van der Waals surface area (Å²) >= 11 is 1.84. The largest absolute Gasteiger partial charge is 0.357 e. The highest BCUT2D eigenvalue weighted by atomic mass is 127. The summed E-state index contributed by atoms with van der Waals surface area (Å²) in [5, 5.41) is 9.03. The summed E-state index contributed by atoms with van der Waals surface area (Å²) in [7, 11) is 2.23. The Labute approximate surface area is 187 Å². The molecule has 1 fully saturated rings. The Hall–Kier alpha value is -0.380. The fourth-order valence-electron chi connectivity index (χ4n) is 3.26. The first-order valence-electron chi connectivity index (χ1n) is 10.1. The first kappa shape index (κ1) is 24.7. The Morgan fingerprint density at radius 2 is 2.11 bits per heavy atom. The summed E-state index contributed by atoms with van der Waals surface area (Å²) in [5.41, 5.74) is 0.